The number of aliphatic hydroxyl groups is 1. The second-order valence-corrected chi connectivity index (χ2v) is 8.74. The van der Waals surface area contributed by atoms with Crippen molar-refractivity contribution in [1.82, 2.24) is 14.5 Å². The van der Waals surface area contributed by atoms with E-state index in [1.54, 1.807) is 23.0 Å². The van der Waals surface area contributed by atoms with Crippen molar-refractivity contribution in [2.24, 2.45) is 7.05 Å². The molecule has 0 spiro atoms. The first-order chi connectivity index (χ1) is 12.1. The highest BCUT2D eigenvalue weighted by atomic mass is 32.2. The van der Waals surface area contributed by atoms with Crippen molar-refractivity contribution >= 4 is 33.3 Å². The summed E-state index contributed by atoms with van der Waals surface area (Å²) in [7, 11) is 1.78. The van der Waals surface area contributed by atoms with Gasteiger partial charge in [-0.15, -0.1) is 11.3 Å². The number of thioether (sulfide) groups is 1. The van der Waals surface area contributed by atoms with Crippen LogP contribution in [0, 0.1) is 0 Å². The van der Waals surface area contributed by atoms with E-state index in [0.29, 0.717) is 17.5 Å². The Hall–Kier alpha value is -0.930. The summed E-state index contributed by atoms with van der Waals surface area (Å²) in [4.78, 5) is 21.9. The third-order valence-electron chi connectivity index (χ3n) is 4.88. The normalized spacial score (nSPS) is 19.4. The fourth-order valence-corrected chi connectivity index (χ4v) is 5.73. The van der Waals surface area contributed by atoms with Gasteiger partial charge in [-0.25, -0.2) is 4.98 Å². The molecule has 2 aliphatic rings. The number of rotatable bonds is 5. The number of β-amino-alcohol motifs (C(OH)–C–C–N with tert-alkyl or cyclic N) is 1. The van der Waals surface area contributed by atoms with Gasteiger partial charge < -0.3 is 9.84 Å². The lowest BCUT2D eigenvalue weighted by Gasteiger charge is -2.28. The molecule has 1 atom stereocenters. The van der Waals surface area contributed by atoms with Gasteiger partial charge in [0, 0.05) is 37.3 Å². The zero-order valence-corrected chi connectivity index (χ0v) is 16.0. The minimum absolute atomic E-state index is 0.0505. The van der Waals surface area contributed by atoms with Gasteiger partial charge >= 0.3 is 0 Å². The molecular weight excluding hydrogens is 358 g/mol. The van der Waals surface area contributed by atoms with Gasteiger partial charge in [-0.2, -0.15) is 0 Å². The second kappa shape index (κ2) is 7.36. The van der Waals surface area contributed by atoms with Gasteiger partial charge in [0.2, 0.25) is 0 Å². The molecule has 8 heteroatoms. The molecule has 2 aromatic rings. The first-order valence-corrected chi connectivity index (χ1v) is 10.6. The number of aromatic nitrogens is 2. The SMILES string of the molecule is Cn1c(SC[C@H](O)CN2CCOCC2)nc2sc3c(c2c1=O)CCC3. The van der Waals surface area contributed by atoms with Crippen LogP contribution < -0.4 is 5.56 Å². The Morgan fingerprint density at radius 3 is 2.96 bits per heavy atom. The highest BCUT2D eigenvalue weighted by Crippen LogP contribution is 2.35. The van der Waals surface area contributed by atoms with Crippen molar-refractivity contribution < 1.29 is 9.84 Å². The smallest absolute Gasteiger partial charge is 0.262 e. The van der Waals surface area contributed by atoms with Crippen LogP contribution in [0.5, 0.6) is 0 Å². The Balaban J connectivity index is 1.48. The maximum atomic E-state index is 12.8. The van der Waals surface area contributed by atoms with Crippen LogP contribution in [0.15, 0.2) is 9.95 Å². The van der Waals surface area contributed by atoms with Gasteiger partial charge in [-0.05, 0) is 24.8 Å². The van der Waals surface area contributed by atoms with Gasteiger partial charge in [0.25, 0.3) is 5.56 Å². The standard InChI is InChI=1S/C17H23N3O3S2/c1-19-16(22)14-12-3-2-4-13(12)25-15(14)18-17(19)24-10-11(21)9-20-5-7-23-8-6-20/h11,21H,2-10H2,1H3/t11-/m1/s1. The fourth-order valence-electron chi connectivity index (χ4n) is 3.54. The minimum Gasteiger partial charge on any atom is -0.391 e. The van der Waals surface area contributed by atoms with E-state index in [-0.39, 0.29) is 5.56 Å². The van der Waals surface area contributed by atoms with E-state index in [0.717, 1.165) is 55.8 Å². The first-order valence-electron chi connectivity index (χ1n) is 8.75. The summed E-state index contributed by atoms with van der Waals surface area (Å²) >= 11 is 3.13. The van der Waals surface area contributed by atoms with Crippen LogP contribution in [0.3, 0.4) is 0 Å². The molecule has 0 saturated carbocycles. The molecule has 136 valence electrons. The van der Waals surface area contributed by atoms with E-state index in [1.165, 1.54) is 22.2 Å². The first kappa shape index (κ1) is 17.5. The van der Waals surface area contributed by atoms with Gasteiger partial charge in [-0.3, -0.25) is 14.3 Å². The third kappa shape index (κ3) is 3.50. The molecule has 0 unspecified atom stereocenters. The van der Waals surface area contributed by atoms with E-state index >= 15 is 0 Å². The van der Waals surface area contributed by atoms with Gasteiger partial charge in [0.15, 0.2) is 5.16 Å². The largest absolute Gasteiger partial charge is 0.391 e. The summed E-state index contributed by atoms with van der Waals surface area (Å²) in [6.07, 6.45) is 2.77. The highest BCUT2D eigenvalue weighted by molar-refractivity contribution is 7.99. The van der Waals surface area contributed by atoms with E-state index in [4.69, 9.17) is 9.72 Å². The average Bonchev–Trinajstić information content (AvgIpc) is 3.18. The van der Waals surface area contributed by atoms with Crippen molar-refractivity contribution in [3.05, 3.63) is 20.8 Å². The highest BCUT2D eigenvalue weighted by Gasteiger charge is 2.23. The van der Waals surface area contributed by atoms with Crippen LogP contribution in [-0.2, 0) is 24.6 Å². The Labute approximate surface area is 154 Å². The topological polar surface area (TPSA) is 67.6 Å². The molecule has 0 amide bonds. The number of morpholine rings is 1. The molecule has 0 radical (unpaired) electrons. The van der Waals surface area contributed by atoms with Crippen LogP contribution in [-0.4, -0.2) is 64.3 Å². The number of thiophene rings is 1. The molecule has 3 heterocycles. The predicted molar refractivity (Wildman–Crippen MR) is 101 cm³/mol. The fraction of sp³-hybridized carbons (Fsp3) is 0.647. The maximum absolute atomic E-state index is 12.8. The molecule has 6 nitrogen and oxygen atoms in total. The monoisotopic (exact) mass is 381 g/mol. The zero-order valence-electron chi connectivity index (χ0n) is 14.4. The number of hydrogen-bond donors (Lipinski definition) is 1. The number of aliphatic hydroxyl groups excluding tert-OH is 1. The van der Waals surface area contributed by atoms with Crippen molar-refractivity contribution in [2.75, 3.05) is 38.6 Å². The van der Waals surface area contributed by atoms with Crippen LogP contribution in [0.2, 0.25) is 0 Å². The van der Waals surface area contributed by atoms with Crippen molar-refractivity contribution in [2.45, 2.75) is 30.5 Å². The van der Waals surface area contributed by atoms with Gasteiger partial charge in [0.05, 0.1) is 24.7 Å². The number of hydrogen-bond acceptors (Lipinski definition) is 7. The zero-order chi connectivity index (χ0) is 17.4. The quantitative estimate of drug-likeness (QED) is 0.621. The van der Waals surface area contributed by atoms with Crippen molar-refractivity contribution in [1.29, 1.82) is 0 Å². The molecule has 1 aliphatic carbocycles. The van der Waals surface area contributed by atoms with E-state index in [9.17, 15) is 9.90 Å². The maximum Gasteiger partial charge on any atom is 0.262 e. The number of nitrogens with zero attached hydrogens (tertiary/aromatic N) is 3. The van der Waals surface area contributed by atoms with Crippen LogP contribution >= 0.6 is 23.1 Å². The Kier molecular flexibility index (Phi) is 5.15. The molecule has 1 N–H and O–H groups in total. The van der Waals surface area contributed by atoms with Crippen LogP contribution in [0.4, 0.5) is 0 Å². The minimum atomic E-state index is -0.441. The molecule has 4 rings (SSSR count). The second-order valence-electron chi connectivity index (χ2n) is 6.67. The number of aryl methyl sites for hydroxylation is 2. The molecule has 1 saturated heterocycles. The summed E-state index contributed by atoms with van der Waals surface area (Å²) in [6, 6.07) is 0. The lowest BCUT2D eigenvalue weighted by molar-refractivity contribution is 0.0188. The third-order valence-corrected chi connectivity index (χ3v) is 7.24. The van der Waals surface area contributed by atoms with Gasteiger partial charge in [0.1, 0.15) is 4.83 Å². The Bertz CT molecular complexity index is 827. The van der Waals surface area contributed by atoms with Crippen molar-refractivity contribution in [3.63, 3.8) is 0 Å². The average molecular weight is 382 g/mol. The summed E-state index contributed by atoms with van der Waals surface area (Å²) in [6.45, 7) is 3.83. The Morgan fingerprint density at radius 1 is 1.36 bits per heavy atom. The molecule has 2 aromatic heterocycles. The molecule has 0 aromatic carbocycles. The number of ether oxygens (including phenoxy) is 1. The van der Waals surface area contributed by atoms with Crippen LogP contribution in [0.25, 0.3) is 10.2 Å². The molecular formula is C17H23N3O3S2. The lowest BCUT2D eigenvalue weighted by atomic mass is 10.2. The van der Waals surface area contributed by atoms with E-state index < -0.39 is 6.10 Å². The number of fused-ring (bicyclic) bond motifs is 3. The summed E-state index contributed by atoms with van der Waals surface area (Å²) in [5.74, 6) is 0.536. The predicted octanol–water partition coefficient (Wildman–Crippen LogP) is 1.27. The lowest BCUT2D eigenvalue weighted by Crippen LogP contribution is -2.41. The molecule has 1 aliphatic heterocycles. The van der Waals surface area contributed by atoms with Crippen LogP contribution in [0.1, 0.15) is 16.9 Å². The molecule has 25 heavy (non-hydrogen) atoms. The molecule has 1 fully saturated rings. The van der Waals surface area contributed by atoms with E-state index in [2.05, 4.69) is 4.90 Å². The van der Waals surface area contributed by atoms with Crippen molar-refractivity contribution in [3.8, 4) is 0 Å². The van der Waals surface area contributed by atoms with E-state index in [1.807, 2.05) is 0 Å². The van der Waals surface area contributed by atoms with Gasteiger partial charge in [-0.1, -0.05) is 11.8 Å². The Morgan fingerprint density at radius 2 is 2.16 bits per heavy atom. The summed E-state index contributed by atoms with van der Waals surface area (Å²) < 4.78 is 6.97. The summed E-state index contributed by atoms with van der Waals surface area (Å²) in [5.41, 5.74) is 1.27. The summed E-state index contributed by atoms with van der Waals surface area (Å²) in [5, 5.41) is 11.8. The molecule has 0 bridgehead atoms.